The van der Waals surface area contributed by atoms with E-state index < -0.39 is 10.1 Å². The number of hydrogen-bond acceptors (Lipinski definition) is 4. The van der Waals surface area contributed by atoms with E-state index in [4.69, 9.17) is 10.3 Å². The van der Waals surface area contributed by atoms with Gasteiger partial charge in [0.15, 0.2) is 5.78 Å². The third-order valence-corrected chi connectivity index (χ3v) is 2.27. The first kappa shape index (κ1) is 17.7. The van der Waals surface area contributed by atoms with Crippen LogP contribution in [0.15, 0.2) is 11.6 Å². The van der Waals surface area contributed by atoms with Crippen LogP contribution in [-0.2, 0) is 14.9 Å². The Morgan fingerprint density at radius 1 is 1.44 bits per heavy atom. The van der Waals surface area contributed by atoms with Crippen molar-refractivity contribution in [3.63, 3.8) is 0 Å². The third kappa shape index (κ3) is 15.7. The average molecular weight is 251 g/mol. The molecule has 0 spiro atoms. The highest BCUT2D eigenvalue weighted by atomic mass is 32.2. The van der Waals surface area contributed by atoms with Gasteiger partial charge in [-0.05, 0) is 33.3 Å². The van der Waals surface area contributed by atoms with Crippen LogP contribution in [0, 0.1) is 0 Å². The molecule has 0 bridgehead atoms. The first-order valence-electron chi connectivity index (χ1n) is 4.99. The van der Waals surface area contributed by atoms with E-state index in [1.54, 1.807) is 19.9 Å². The van der Waals surface area contributed by atoms with Crippen LogP contribution in [0.3, 0.4) is 0 Å². The zero-order chi connectivity index (χ0) is 13.4. The van der Waals surface area contributed by atoms with Crippen LogP contribution in [0.2, 0.25) is 0 Å². The summed E-state index contributed by atoms with van der Waals surface area (Å²) in [5, 5.41) is 0. The predicted molar refractivity (Wildman–Crippen MR) is 64.8 cm³/mol. The number of allylic oxidation sites excluding steroid dienone is 1. The highest BCUT2D eigenvalue weighted by Gasteiger charge is 2.01. The maximum absolute atomic E-state index is 10.8. The molecule has 16 heavy (non-hydrogen) atoms. The van der Waals surface area contributed by atoms with Gasteiger partial charge >= 0.3 is 0 Å². The van der Waals surface area contributed by atoms with E-state index in [1.165, 1.54) is 0 Å². The van der Waals surface area contributed by atoms with Crippen molar-refractivity contribution in [2.45, 2.75) is 40.2 Å². The van der Waals surface area contributed by atoms with Crippen LogP contribution in [0.25, 0.3) is 0 Å². The number of rotatable bonds is 4. The molecule has 0 aromatic carbocycles. The van der Waals surface area contributed by atoms with Gasteiger partial charge in [-0.1, -0.05) is 12.5 Å². The van der Waals surface area contributed by atoms with Crippen LogP contribution in [-0.4, -0.2) is 30.5 Å². The summed E-state index contributed by atoms with van der Waals surface area (Å²) < 4.78 is 27.6. The maximum atomic E-state index is 10.8. The molecule has 0 heterocycles. The van der Waals surface area contributed by atoms with E-state index in [0.29, 0.717) is 6.42 Å². The van der Waals surface area contributed by atoms with Crippen LogP contribution in [0.4, 0.5) is 0 Å². The first-order chi connectivity index (χ1) is 7.10. The van der Waals surface area contributed by atoms with E-state index in [0.717, 1.165) is 5.57 Å². The summed E-state index contributed by atoms with van der Waals surface area (Å²) in [6, 6.07) is -0.361. The Kier molecular flexibility index (Phi) is 9.31. The van der Waals surface area contributed by atoms with Crippen molar-refractivity contribution in [3.8, 4) is 0 Å². The van der Waals surface area contributed by atoms with Gasteiger partial charge in [0.25, 0.3) is 10.1 Å². The van der Waals surface area contributed by atoms with Gasteiger partial charge in [0, 0.05) is 0 Å². The second kappa shape index (κ2) is 8.43. The smallest absolute Gasteiger partial charge is 0.264 e. The summed E-state index contributed by atoms with van der Waals surface area (Å²) >= 11 is 0. The Balaban J connectivity index is 0. The van der Waals surface area contributed by atoms with Gasteiger partial charge in [-0.2, -0.15) is 8.42 Å². The van der Waals surface area contributed by atoms with Gasteiger partial charge in [0.2, 0.25) is 0 Å². The molecule has 0 aliphatic rings. The molecule has 0 aromatic rings. The molecular weight excluding hydrogens is 230 g/mol. The Labute approximate surface area is 97.5 Å². The molecule has 0 radical (unpaired) electrons. The molecule has 1 atom stereocenters. The molecule has 0 amide bonds. The highest BCUT2D eigenvalue weighted by molar-refractivity contribution is 7.85. The number of nitrogens with two attached hydrogens (primary N) is 1. The molecule has 5 nitrogen and oxygen atoms in total. The fourth-order valence-electron chi connectivity index (χ4n) is 0.674. The molecule has 0 fully saturated rings. The Hall–Kier alpha value is -0.720. The van der Waals surface area contributed by atoms with Gasteiger partial charge in [-0.15, -0.1) is 0 Å². The first-order valence-corrected chi connectivity index (χ1v) is 6.60. The summed E-state index contributed by atoms with van der Waals surface area (Å²) in [4.78, 5) is 10.8. The minimum Gasteiger partial charge on any atom is -0.321 e. The van der Waals surface area contributed by atoms with Crippen molar-refractivity contribution in [2.75, 3.05) is 5.75 Å². The number of ketones is 1. The predicted octanol–water partition coefficient (Wildman–Crippen LogP) is 1.15. The second-order valence-electron chi connectivity index (χ2n) is 3.70. The Morgan fingerprint density at radius 2 is 1.88 bits per heavy atom. The molecular formula is C10H21NO4S. The average Bonchev–Trinajstić information content (AvgIpc) is 2.01. The summed E-state index contributed by atoms with van der Waals surface area (Å²) in [5.41, 5.74) is 6.29. The van der Waals surface area contributed by atoms with E-state index in [9.17, 15) is 13.2 Å². The van der Waals surface area contributed by atoms with Gasteiger partial charge in [-0.3, -0.25) is 9.35 Å². The molecule has 96 valence electrons. The molecule has 0 aromatic heterocycles. The third-order valence-electron chi connectivity index (χ3n) is 1.34. The summed E-state index contributed by atoms with van der Waals surface area (Å²) in [5.74, 6) is -0.137. The molecule has 0 aliphatic carbocycles. The van der Waals surface area contributed by atoms with Crippen LogP contribution in [0.5, 0.6) is 0 Å². The van der Waals surface area contributed by atoms with Crippen molar-refractivity contribution in [2.24, 2.45) is 5.73 Å². The molecule has 0 aliphatic heterocycles. The summed E-state index contributed by atoms with van der Waals surface area (Å²) in [6.07, 6.45) is 2.03. The van der Waals surface area contributed by atoms with Crippen molar-refractivity contribution >= 4 is 15.9 Å². The standard InChI is InChI=1S/C7H13NO.C3H8O3S/c1-5(2)4-7(9)6(3)8;1-2-3-7(4,5)6/h4,6H,8H2,1-3H3;2-3H2,1H3,(H,4,5,6). The fraction of sp³-hybridized carbons (Fsp3) is 0.700. The van der Waals surface area contributed by atoms with Crippen molar-refractivity contribution in [1.82, 2.24) is 0 Å². The van der Waals surface area contributed by atoms with Gasteiger partial charge < -0.3 is 5.73 Å². The number of carbonyl (C=O) groups is 1. The Bertz CT molecular complexity index is 327. The number of carbonyl (C=O) groups excluding carboxylic acids is 1. The summed E-state index contributed by atoms with van der Waals surface area (Å²) in [6.45, 7) is 7.12. The van der Waals surface area contributed by atoms with Crippen LogP contribution >= 0.6 is 0 Å². The molecule has 6 heteroatoms. The largest absolute Gasteiger partial charge is 0.321 e. The molecule has 0 saturated carbocycles. The summed E-state index contributed by atoms with van der Waals surface area (Å²) in [7, 11) is -3.67. The van der Waals surface area contributed by atoms with Crippen molar-refractivity contribution in [1.29, 1.82) is 0 Å². The fourth-order valence-corrected chi connectivity index (χ4v) is 1.19. The van der Waals surface area contributed by atoms with Crippen molar-refractivity contribution < 1.29 is 17.8 Å². The zero-order valence-corrected chi connectivity index (χ0v) is 11.0. The lowest BCUT2D eigenvalue weighted by atomic mass is 10.2. The minimum atomic E-state index is -3.67. The van der Waals surface area contributed by atoms with E-state index in [2.05, 4.69) is 0 Å². The topological polar surface area (TPSA) is 97.5 Å². The van der Waals surface area contributed by atoms with Crippen molar-refractivity contribution in [3.05, 3.63) is 11.6 Å². The lowest BCUT2D eigenvalue weighted by Crippen LogP contribution is -2.24. The number of hydrogen-bond donors (Lipinski definition) is 2. The van der Waals surface area contributed by atoms with Gasteiger partial charge in [-0.25, -0.2) is 0 Å². The van der Waals surface area contributed by atoms with Crippen LogP contribution in [0.1, 0.15) is 34.1 Å². The Morgan fingerprint density at radius 3 is 1.94 bits per heavy atom. The van der Waals surface area contributed by atoms with Gasteiger partial charge in [0.1, 0.15) is 0 Å². The lowest BCUT2D eigenvalue weighted by molar-refractivity contribution is -0.115. The molecule has 0 saturated heterocycles. The van der Waals surface area contributed by atoms with E-state index in [1.807, 2.05) is 13.8 Å². The maximum Gasteiger partial charge on any atom is 0.264 e. The van der Waals surface area contributed by atoms with Gasteiger partial charge in [0.05, 0.1) is 11.8 Å². The van der Waals surface area contributed by atoms with E-state index in [-0.39, 0.29) is 17.6 Å². The molecule has 1 unspecified atom stereocenters. The lowest BCUT2D eigenvalue weighted by Gasteiger charge is -1.97. The van der Waals surface area contributed by atoms with E-state index >= 15 is 0 Å². The molecule has 0 rings (SSSR count). The highest BCUT2D eigenvalue weighted by Crippen LogP contribution is 1.90. The zero-order valence-electron chi connectivity index (χ0n) is 10.2. The monoisotopic (exact) mass is 251 g/mol. The SMILES string of the molecule is CC(C)=CC(=O)C(C)N.CCCS(=O)(=O)O. The molecule has 3 N–H and O–H groups in total. The quantitative estimate of drug-likeness (QED) is 0.577. The normalized spacial score (nSPS) is 12.1. The van der Waals surface area contributed by atoms with Crippen LogP contribution < -0.4 is 5.73 Å². The minimum absolute atomic E-state index is 0.00463. The second-order valence-corrected chi connectivity index (χ2v) is 5.27.